The highest BCUT2D eigenvalue weighted by Crippen LogP contribution is 2.28. The number of ether oxygens (including phenoxy) is 2. The van der Waals surface area contributed by atoms with Crippen molar-refractivity contribution < 1.29 is 29.0 Å². The molecule has 0 fully saturated rings. The third-order valence-corrected chi connectivity index (χ3v) is 3.22. The number of hydrogen-bond acceptors (Lipinski definition) is 5. The maximum absolute atomic E-state index is 12.3. The number of ketones is 1. The van der Waals surface area contributed by atoms with Crippen LogP contribution in [0.2, 0.25) is 0 Å². The lowest BCUT2D eigenvalue weighted by Crippen LogP contribution is -2.16. The molecule has 0 saturated carbocycles. The molecule has 22 heavy (non-hydrogen) atoms. The van der Waals surface area contributed by atoms with E-state index in [1.807, 2.05) is 0 Å². The van der Waals surface area contributed by atoms with Crippen LogP contribution < -0.4 is 4.74 Å². The second kappa shape index (κ2) is 6.89. The monoisotopic (exact) mass is 304 g/mol. The number of aliphatic carboxylic acids is 1. The number of carboxylic acid groups (broad SMARTS) is 1. The molecule has 2 rings (SSSR count). The molecule has 0 aromatic heterocycles. The molecule has 116 valence electrons. The van der Waals surface area contributed by atoms with Gasteiger partial charge in [-0.15, -0.1) is 0 Å². The summed E-state index contributed by atoms with van der Waals surface area (Å²) in [4.78, 5) is 34.3. The summed E-state index contributed by atoms with van der Waals surface area (Å²) >= 11 is 0. The van der Waals surface area contributed by atoms with E-state index in [4.69, 9.17) is 14.6 Å². The number of rotatable bonds is 5. The van der Waals surface area contributed by atoms with E-state index in [2.05, 4.69) is 0 Å². The van der Waals surface area contributed by atoms with E-state index >= 15 is 0 Å². The molecule has 1 aromatic carbocycles. The summed E-state index contributed by atoms with van der Waals surface area (Å²) in [5, 5.41) is 8.59. The number of carboxylic acids is 1. The van der Waals surface area contributed by atoms with Crippen molar-refractivity contribution in [3.63, 3.8) is 0 Å². The molecule has 0 amide bonds. The van der Waals surface area contributed by atoms with Crippen LogP contribution in [-0.4, -0.2) is 36.0 Å². The lowest BCUT2D eigenvalue weighted by molar-refractivity contribution is -0.139. The first kappa shape index (κ1) is 15.8. The highest BCUT2D eigenvalue weighted by molar-refractivity contribution is 6.13. The van der Waals surface area contributed by atoms with Crippen molar-refractivity contribution in [1.29, 1.82) is 0 Å². The van der Waals surface area contributed by atoms with Gasteiger partial charge in [-0.25, -0.2) is 9.59 Å². The molecule has 1 N–H and O–H groups in total. The van der Waals surface area contributed by atoms with Crippen LogP contribution in [-0.2, 0) is 20.7 Å². The van der Waals surface area contributed by atoms with Gasteiger partial charge in [0.2, 0.25) is 0 Å². The SMILES string of the molecule is CCOC(=O)C=C1CCc2cc(OCC(=O)O)ccc2C1=O. The lowest BCUT2D eigenvalue weighted by Gasteiger charge is -2.18. The molecule has 0 bridgehead atoms. The number of aryl methyl sites for hydroxylation is 1. The minimum Gasteiger partial charge on any atom is -0.482 e. The molecule has 0 unspecified atom stereocenters. The Morgan fingerprint density at radius 1 is 1.32 bits per heavy atom. The first-order valence-corrected chi connectivity index (χ1v) is 6.90. The molecule has 1 aliphatic carbocycles. The summed E-state index contributed by atoms with van der Waals surface area (Å²) in [6, 6.07) is 4.80. The molecular formula is C16H16O6. The number of carbonyl (C=O) groups excluding carboxylic acids is 2. The van der Waals surface area contributed by atoms with Gasteiger partial charge in [0.1, 0.15) is 5.75 Å². The normalized spacial score (nSPS) is 15.3. The second-order valence-corrected chi connectivity index (χ2v) is 4.75. The molecular weight excluding hydrogens is 288 g/mol. The second-order valence-electron chi connectivity index (χ2n) is 4.75. The van der Waals surface area contributed by atoms with Gasteiger partial charge in [-0.2, -0.15) is 0 Å². The Morgan fingerprint density at radius 3 is 2.77 bits per heavy atom. The zero-order valence-corrected chi connectivity index (χ0v) is 12.1. The van der Waals surface area contributed by atoms with Gasteiger partial charge < -0.3 is 14.6 Å². The molecule has 1 aromatic rings. The van der Waals surface area contributed by atoms with Crippen molar-refractivity contribution in [2.24, 2.45) is 0 Å². The van der Waals surface area contributed by atoms with Crippen LogP contribution >= 0.6 is 0 Å². The van der Waals surface area contributed by atoms with Crippen LogP contribution in [0.5, 0.6) is 5.75 Å². The van der Waals surface area contributed by atoms with Gasteiger partial charge in [0.25, 0.3) is 0 Å². The molecule has 1 aliphatic rings. The van der Waals surface area contributed by atoms with Gasteiger partial charge in [0, 0.05) is 17.2 Å². The van der Waals surface area contributed by atoms with Crippen LogP contribution in [0.15, 0.2) is 29.8 Å². The largest absolute Gasteiger partial charge is 0.482 e. The number of esters is 1. The van der Waals surface area contributed by atoms with Crippen molar-refractivity contribution in [2.75, 3.05) is 13.2 Å². The molecule has 0 atom stereocenters. The Balaban J connectivity index is 2.17. The smallest absolute Gasteiger partial charge is 0.341 e. The standard InChI is InChI=1S/C16H16O6/c1-2-21-15(19)8-11-4-3-10-7-12(22-9-14(17)18)5-6-13(10)16(11)20/h5-8H,2-4,9H2,1H3,(H,17,18). The van der Waals surface area contributed by atoms with Gasteiger partial charge in [-0.05, 0) is 43.5 Å². The van der Waals surface area contributed by atoms with Crippen LogP contribution in [0.4, 0.5) is 0 Å². The number of hydrogen-bond donors (Lipinski definition) is 1. The van der Waals surface area contributed by atoms with Crippen LogP contribution in [0.1, 0.15) is 29.3 Å². The van der Waals surface area contributed by atoms with Gasteiger partial charge >= 0.3 is 11.9 Å². The van der Waals surface area contributed by atoms with Crippen molar-refractivity contribution in [3.8, 4) is 5.75 Å². The average molecular weight is 304 g/mol. The Labute approximate surface area is 127 Å². The number of fused-ring (bicyclic) bond motifs is 1. The molecule has 0 aliphatic heterocycles. The first-order chi connectivity index (χ1) is 10.5. The maximum atomic E-state index is 12.3. The molecule has 0 heterocycles. The fourth-order valence-corrected chi connectivity index (χ4v) is 2.25. The molecule has 6 heteroatoms. The summed E-state index contributed by atoms with van der Waals surface area (Å²) in [6.07, 6.45) is 2.26. The Kier molecular flexibility index (Phi) is 4.93. The topological polar surface area (TPSA) is 89.9 Å². The van der Waals surface area contributed by atoms with Crippen molar-refractivity contribution in [2.45, 2.75) is 19.8 Å². The highest BCUT2D eigenvalue weighted by Gasteiger charge is 2.23. The van der Waals surface area contributed by atoms with E-state index in [-0.39, 0.29) is 12.4 Å². The van der Waals surface area contributed by atoms with Gasteiger partial charge in [0.15, 0.2) is 12.4 Å². The fourth-order valence-electron chi connectivity index (χ4n) is 2.25. The lowest BCUT2D eigenvalue weighted by atomic mass is 9.86. The predicted octanol–water partition coefficient (Wildman–Crippen LogP) is 1.77. The summed E-state index contributed by atoms with van der Waals surface area (Å²) < 4.78 is 9.90. The van der Waals surface area contributed by atoms with Gasteiger partial charge in [-0.1, -0.05) is 0 Å². The third kappa shape index (κ3) is 3.72. The molecule has 0 radical (unpaired) electrons. The Morgan fingerprint density at radius 2 is 2.09 bits per heavy atom. The summed E-state index contributed by atoms with van der Waals surface area (Å²) in [7, 11) is 0. The van der Waals surface area contributed by atoms with Crippen LogP contribution in [0.3, 0.4) is 0 Å². The van der Waals surface area contributed by atoms with Crippen molar-refractivity contribution in [3.05, 3.63) is 41.0 Å². The molecule has 6 nitrogen and oxygen atoms in total. The summed E-state index contributed by atoms with van der Waals surface area (Å²) in [6.45, 7) is 1.53. The fraction of sp³-hybridized carbons (Fsp3) is 0.312. The van der Waals surface area contributed by atoms with E-state index in [0.717, 1.165) is 5.56 Å². The Hall–Kier alpha value is -2.63. The number of carbonyl (C=O) groups is 3. The van der Waals surface area contributed by atoms with E-state index in [0.29, 0.717) is 29.7 Å². The minimum absolute atomic E-state index is 0.209. The van der Waals surface area contributed by atoms with Gasteiger partial charge in [0.05, 0.1) is 6.61 Å². The van der Waals surface area contributed by atoms with E-state index in [1.165, 1.54) is 6.08 Å². The molecule has 0 spiro atoms. The van der Waals surface area contributed by atoms with Crippen LogP contribution in [0.25, 0.3) is 0 Å². The van der Waals surface area contributed by atoms with Gasteiger partial charge in [-0.3, -0.25) is 4.79 Å². The van der Waals surface area contributed by atoms with Crippen molar-refractivity contribution >= 4 is 17.7 Å². The summed E-state index contributed by atoms with van der Waals surface area (Å²) in [5.74, 6) is -1.38. The van der Waals surface area contributed by atoms with E-state index < -0.39 is 18.5 Å². The minimum atomic E-state index is -1.06. The third-order valence-electron chi connectivity index (χ3n) is 3.22. The average Bonchev–Trinajstić information content (AvgIpc) is 2.48. The van der Waals surface area contributed by atoms with Crippen molar-refractivity contribution in [1.82, 2.24) is 0 Å². The van der Waals surface area contributed by atoms with E-state index in [9.17, 15) is 14.4 Å². The Bertz CT molecular complexity index is 644. The molecule has 0 saturated heterocycles. The number of allylic oxidation sites excluding steroid dienone is 1. The quantitative estimate of drug-likeness (QED) is 0.658. The van der Waals surface area contributed by atoms with E-state index in [1.54, 1.807) is 25.1 Å². The zero-order chi connectivity index (χ0) is 16.1. The number of benzene rings is 1. The summed E-state index contributed by atoms with van der Waals surface area (Å²) in [5.41, 5.74) is 1.71. The van der Waals surface area contributed by atoms with Crippen LogP contribution in [0, 0.1) is 0 Å². The predicted molar refractivity (Wildman–Crippen MR) is 76.9 cm³/mol. The maximum Gasteiger partial charge on any atom is 0.341 e. The first-order valence-electron chi connectivity index (χ1n) is 6.90. The zero-order valence-electron chi connectivity index (χ0n) is 12.1. The highest BCUT2D eigenvalue weighted by atomic mass is 16.5. The number of Topliss-reactive ketones (excluding diaryl/α,β-unsaturated/α-hetero) is 1.